The summed E-state index contributed by atoms with van der Waals surface area (Å²) in [6.45, 7) is -1.18. The Labute approximate surface area is 114 Å². The van der Waals surface area contributed by atoms with Gasteiger partial charge in [0.1, 0.15) is 19.4 Å². The average Bonchev–Trinajstić information content (AvgIpc) is 2.73. The zero-order chi connectivity index (χ0) is 15.1. The summed E-state index contributed by atoms with van der Waals surface area (Å²) in [6, 6.07) is -0.759. The first kappa shape index (κ1) is 15.4. The van der Waals surface area contributed by atoms with E-state index in [0.29, 0.717) is 17.1 Å². The number of carboxylic acids is 2. The van der Waals surface area contributed by atoms with Crippen LogP contribution < -0.4 is 5.32 Å². The zero-order valence-corrected chi connectivity index (χ0v) is 10.8. The van der Waals surface area contributed by atoms with Gasteiger partial charge in [-0.1, -0.05) is 0 Å². The van der Waals surface area contributed by atoms with Crippen LogP contribution in [0.1, 0.15) is 5.82 Å². The molecular formula is C10H15N5O5. The molecule has 0 aliphatic carbocycles. The van der Waals surface area contributed by atoms with Gasteiger partial charge in [-0.2, -0.15) is 5.10 Å². The summed E-state index contributed by atoms with van der Waals surface area (Å²) in [6.07, 6.45) is 1.87. The van der Waals surface area contributed by atoms with E-state index in [1.165, 1.54) is 11.0 Å². The summed E-state index contributed by atoms with van der Waals surface area (Å²) >= 11 is 0. The predicted octanol–water partition coefficient (Wildman–Crippen LogP) is -1.46. The number of aryl methyl sites for hydroxylation is 1. The van der Waals surface area contributed by atoms with Crippen molar-refractivity contribution >= 4 is 18.0 Å². The van der Waals surface area contributed by atoms with E-state index < -0.39 is 31.1 Å². The lowest BCUT2D eigenvalue weighted by Crippen LogP contribution is -2.45. The summed E-state index contributed by atoms with van der Waals surface area (Å²) in [7, 11) is 1.70. The Morgan fingerprint density at radius 3 is 2.35 bits per heavy atom. The van der Waals surface area contributed by atoms with Crippen molar-refractivity contribution in [2.24, 2.45) is 7.05 Å². The van der Waals surface area contributed by atoms with Crippen LogP contribution in [0.2, 0.25) is 0 Å². The third kappa shape index (κ3) is 5.33. The molecule has 110 valence electrons. The Bertz CT molecular complexity index is 484. The minimum absolute atomic E-state index is 0.179. The molecule has 0 aliphatic heterocycles. The highest BCUT2D eigenvalue weighted by Crippen LogP contribution is 1.92. The Balaban J connectivity index is 2.44. The maximum Gasteiger partial charge on any atom is 0.323 e. The van der Waals surface area contributed by atoms with Gasteiger partial charge in [0.25, 0.3) is 0 Å². The van der Waals surface area contributed by atoms with Crippen LogP contribution in [0.5, 0.6) is 0 Å². The monoisotopic (exact) mass is 285 g/mol. The molecule has 0 aromatic carbocycles. The lowest BCUT2D eigenvalue weighted by atomic mass is 10.4. The Morgan fingerprint density at radius 2 is 1.90 bits per heavy atom. The second-order valence-corrected chi connectivity index (χ2v) is 3.96. The minimum atomic E-state index is -1.28. The molecule has 1 heterocycles. The van der Waals surface area contributed by atoms with E-state index in [4.69, 9.17) is 10.2 Å². The molecule has 0 fully saturated rings. The molecule has 1 aromatic heterocycles. The molecule has 2 amide bonds. The quantitative estimate of drug-likeness (QED) is 0.556. The number of hydrogen-bond acceptors (Lipinski definition) is 5. The van der Waals surface area contributed by atoms with Gasteiger partial charge in [-0.15, -0.1) is 0 Å². The Hall–Kier alpha value is -2.65. The molecule has 10 nitrogen and oxygen atoms in total. The van der Waals surface area contributed by atoms with E-state index in [2.05, 4.69) is 15.4 Å². The zero-order valence-electron chi connectivity index (χ0n) is 10.8. The second kappa shape index (κ2) is 7.07. The number of carbonyl (C=O) groups is 3. The van der Waals surface area contributed by atoms with E-state index in [0.717, 1.165) is 0 Å². The van der Waals surface area contributed by atoms with Gasteiger partial charge in [-0.25, -0.2) is 9.78 Å². The van der Waals surface area contributed by atoms with E-state index in [1.54, 1.807) is 7.05 Å². The number of amides is 2. The molecule has 1 rings (SSSR count). The maximum absolute atomic E-state index is 11.7. The normalized spacial score (nSPS) is 10.1. The standard InChI is InChI=1S/C10H15N5O5/c1-14-6-12-7(13-14)2-3-11-10(20)15(4-8(16)17)5-9(18)19/h6H,2-5H2,1H3,(H,11,20)(H,16,17)(H,18,19). The molecule has 10 heteroatoms. The van der Waals surface area contributed by atoms with Crippen molar-refractivity contribution in [2.75, 3.05) is 19.6 Å². The van der Waals surface area contributed by atoms with Gasteiger partial charge in [0.2, 0.25) is 0 Å². The van der Waals surface area contributed by atoms with Crippen molar-refractivity contribution in [1.82, 2.24) is 25.0 Å². The van der Waals surface area contributed by atoms with Gasteiger partial charge in [-0.3, -0.25) is 14.3 Å². The molecule has 20 heavy (non-hydrogen) atoms. The van der Waals surface area contributed by atoms with Crippen LogP contribution in [-0.4, -0.2) is 67.5 Å². The first-order valence-electron chi connectivity index (χ1n) is 5.69. The van der Waals surface area contributed by atoms with Gasteiger partial charge >= 0.3 is 18.0 Å². The second-order valence-electron chi connectivity index (χ2n) is 3.96. The molecule has 3 N–H and O–H groups in total. The highest BCUT2D eigenvalue weighted by molar-refractivity contribution is 5.84. The molecule has 0 aliphatic rings. The molecule has 0 atom stereocenters. The number of nitrogens with one attached hydrogen (secondary N) is 1. The summed E-state index contributed by atoms with van der Waals surface area (Å²) in [4.78, 5) is 37.4. The maximum atomic E-state index is 11.7. The van der Waals surface area contributed by atoms with E-state index in [1.807, 2.05) is 0 Å². The number of aliphatic carboxylic acids is 2. The largest absolute Gasteiger partial charge is 0.480 e. The molecule has 0 bridgehead atoms. The van der Waals surface area contributed by atoms with Crippen LogP contribution in [0.3, 0.4) is 0 Å². The van der Waals surface area contributed by atoms with Crippen molar-refractivity contribution < 1.29 is 24.6 Å². The highest BCUT2D eigenvalue weighted by atomic mass is 16.4. The van der Waals surface area contributed by atoms with Gasteiger partial charge < -0.3 is 20.4 Å². The SMILES string of the molecule is Cn1cnc(CCNC(=O)N(CC(=O)O)CC(=O)O)n1. The van der Waals surface area contributed by atoms with E-state index in [9.17, 15) is 14.4 Å². The van der Waals surface area contributed by atoms with Crippen molar-refractivity contribution in [3.8, 4) is 0 Å². The van der Waals surface area contributed by atoms with Crippen molar-refractivity contribution in [2.45, 2.75) is 6.42 Å². The van der Waals surface area contributed by atoms with Crippen LogP contribution in [-0.2, 0) is 23.1 Å². The van der Waals surface area contributed by atoms with Crippen LogP contribution in [0.4, 0.5) is 4.79 Å². The average molecular weight is 285 g/mol. The lowest BCUT2D eigenvalue weighted by Gasteiger charge is -2.18. The third-order valence-electron chi connectivity index (χ3n) is 2.21. The fourth-order valence-electron chi connectivity index (χ4n) is 1.42. The fraction of sp³-hybridized carbons (Fsp3) is 0.500. The van der Waals surface area contributed by atoms with Crippen LogP contribution in [0, 0.1) is 0 Å². The lowest BCUT2D eigenvalue weighted by molar-refractivity contribution is -0.140. The number of aromatic nitrogens is 3. The number of urea groups is 1. The number of hydrogen-bond donors (Lipinski definition) is 3. The number of rotatable bonds is 7. The molecule has 0 spiro atoms. The molecule has 0 unspecified atom stereocenters. The minimum Gasteiger partial charge on any atom is -0.480 e. The third-order valence-corrected chi connectivity index (χ3v) is 2.21. The van der Waals surface area contributed by atoms with E-state index in [-0.39, 0.29) is 6.54 Å². The van der Waals surface area contributed by atoms with Gasteiger partial charge in [0.15, 0.2) is 5.82 Å². The number of nitrogens with zero attached hydrogens (tertiary/aromatic N) is 4. The first-order valence-corrected chi connectivity index (χ1v) is 5.69. The van der Waals surface area contributed by atoms with Crippen molar-refractivity contribution in [3.05, 3.63) is 12.2 Å². The van der Waals surface area contributed by atoms with Gasteiger partial charge in [0.05, 0.1) is 0 Å². The Morgan fingerprint density at radius 1 is 1.30 bits per heavy atom. The van der Waals surface area contributed by atoms with Gasteiger partial charge in [0, 0.05) is 20.0 Å². The summed E-state index contributed by atoms with van der Waals surface area (Å²) in [5, 5.41) is 23.7. The topological polar surface area (TPSA) is 138 Å². The van der Waals surface area contributed by atoms with Crippen molar-refractivity contribution in [1.29, 1.82) is 0 Å². The number of carbonyl (C=O) groups excluding carboxylic acids is 1. The van der Waals surface area contributed by atoms with Crippen molar-refractivity contribution in [3.63, 3.8) is 0 Å². The molecule has 0 saturated carbocycles. The molecule has 0 radical (unpaired) electrons. The number of carboxylic acid groups (broad SMARTS) is 2. The van der Waals surface area contributed by atoms with Crippen LogP contribution in [0.25, 0.3) is 0 Å². The predicted molar refractivity (Wildman–Crippen MR) is 65.0 cm³/mol. The smallest absolute Gasteiger partial charge is 0.323 e. The summed E-state index contributed by atoms with van der Waals surface area (Å²) < 4.78 is 1.51. The van der Waals surface area contributed by atoms with E-state index >= 15 is 0 Å². The van der Waals surface area contributed by atoms with Gasteiger partial charge in [-0.05, 0) is 0 Å². The molecule has 1 aromatic rings. The molecule has 0 saturated heterocycles. The Kier molecular flexibility index (Phi) is 5.44. The first-order chi connectivity index (χ1) is 9.38. The molecular weight excluding hydrogens is 270 g/mol. The highest BCUT2D eigenvalue weighted by Gasteiger charge is 2.19. The summed E-state index contributed by atoms with van der Waals surface area (Å²) in [5.41, 5.74) is 0. The van der Waals surface area contributed by atoms with Crippen LogP contribution in [0.15, 0.2) is 6.33 Å². The fourth-order valence-corrected chi connectivity index (χ4v) is 1.42. The van der Waals surface area contributed by atoms with Crippen LogP contribution >= 0.6 is 0 Å². The summed E-state index contributed by atoms with van der Waals surface area (Å²) in [5.74, 6) is -2.04.